The molecule has 0 aliphatic carbocycles. The number of methoxy groups -OCH3 is 3. The van der Waals surface area contributed by atoms with Crippen LogP contribution in [0.25, 0.3) is 6.08 Å². The summed E-state index contributed by atoms with van der Waals surface area (Å²) >= 11 is 0. The fraction of sp³-hybridized carbons (Fsp3) is 0.273. The Morgan fingerprint density at radius 1 is 1.00 bits per heavy atom. The van der Waals surface area contributed by atoms with E-state index in [0.29, 0.717) is 45.4 Å². The Balaban J connectivity index is 1.99. The third-order valence-electron chi connectivity index (χ3n) is 4.49. The highest BCUT2D eigenvalue weighted by Gasteiger charge is 2.31. The van der Waals surface area contributed by atoms with Crippen molar-refractivity contribution < 1.29 is 33.3 Å². The minimum absolute atomic E-state index is 0.0425. The van der Waals surface area contributed by atoms with E-state index in [0.717, 1.165) is 0 Å². The summed E-state index contributed by atoms with van der Waals surface area (Å²) in [4.78, 5) is 24.0. The SMILES string of the molecule is COc1ccc(/C=C2\Oc3c(ccc(OCC(C)=O)c3C)C2=O)c(OC)c1OC. The van der Waals surface area contributed by atoms with E-state index in [9.17, 15) is 9.59 Å². The van der Waals surface area contributed by atoms with Crippen LogP contribution in [0.5, 0.6) is 28.7 Å². The molecule has 29 heavy (non-hydrogen) atoms. The van der Waals surface area contributed by atoms with E-state index in [2.05, 4.69) is 0 Å². The van der Waals surface area contributed by atoms with Gasteiger partial charge in [0.25, 0.3) is 0 Å². The van der Waals surface area contributed by atoms with Crippen LogP contribution in [-0.2, 0) is 4.79 Å². The first-order valence-electron chi connectivity index (χ1n) is 8.90. The van der Waals surface area contributed by atoms with E-state index in [-0.39, 0.29) is 23.9 Å². The Kier molecular flexibility index (Phi) is 5.77. The fourth-order valence-corrected chi connectivity index (χ4v) is 3.08. The topological polar surface area (TPSA) is 80.3 Å². The van der Waals surface area contributed by atoms with Crippen LogP contribution in [0.15, 0.2) is 30.0 Å². The van der Waals surface area contributed by atoms with Gasteiger partial charge in [-0.1, -0.05) is 0 Å². The van der Waals surface area contributed by atoms with Gasteiger partial charge in [-0.15, -0.1) is 0 Å². The van der Waals surface area contributed by atoms with Gasteiger partial charge in [0.2, 0.25) is 11.5 Å². The van der Waals surface area contributed by atoms with Crippen LogP contribution in [0.3, 0.4) is 0 Å². The zero-order valence-corrected chi connectivity index (χ0v) is 17.0. The van der Waals surface area contributed by atoms with Crippen molar-refractivity contribution in [3.8, 4) is 28.7 Å². The third-order valence-corrected chi connectivity index (χ3v) is 4.49. The predicted octanol–water partition coefficient (Wildman–Crippen LogP) is 3.60. The van der Waals surface area contributed by atoms with Gasteiger partial charge in [-0.3, -0.25) is 9.59 Å². The van der Waals surface area contributed by atoms with E-state index in [1.807, 2.05) is 0 Å². The second kappa shape index (κ2) is 8.26. The molecule has 0 atom stereocenters. The van der Waals surface area contributed by atoms with Crippen LogP contribution in [-0.4, -0.2) is 39.5 Å². The van der Waals surface area contributed by atoms with Gasteiger partial charge in [0.1, 0.15) is 18.1 Å². The van der Waals surface area contributed by atoms with Crippen LogP contribution in [0.2, 0.25) is 0 Å². The van der Waals surface area contributed by atoms with Crippen LogP contribution in [0.4, 0.5) is 0 Å². The quantitative estimate of drug-likeness (QED) is 0.659. The number of allylic oxidation sites excluding steroid dienone is 1. The van der Waals surface area contributed by atoms with Crippen molar-refractivity contribution >= 4 is 17.6 Å². The molecule has 3 rings (SSSR count). The Hall–Kier alpha value is -3.48. The van der Waals surface area contributed by atoms with Crippen molar-refractivity contribution in [3.63, 3.8) is 0 Å². The highest BCUT2D eigenvalue weighted by Crippen LogP contribution is 2.43. The summed E-state index contributed by atoms with van der Waals surface area (Å²) in [5.74, 6) is 2.07. The van der Waals surface area contributed by atoms with Crippen LogP contribution in [0.1, 0.15) is 28.4 Å². The summed E-state index contributed by atoms with van der Waals surface area (Å²) < 4.78 is 27.5. The summed E-state index contributed by atoms with van der Waals surface area (Å²) in [5, 5.41) is 0. The normalized spacial score (nSPS) is 13.7. The number of hydrogen-bond donors (Lipinski definition) is 0. The number of carbonyl (C=O) groups is 2. The number of hydrogen-bond acceptors (Lipinski definition) is 7. The summed E-state index contributed by atoms with van der Waals surface area (Å²) in [5.41, 5.74) is 1.69. The van der Waals surface area contributed by atoms with Crippen molar-refractivity contribution in [2.75, 3.05) is 27.9 Å². The molecule has 0 radical (unpaired) electrons. The molecule has 0 saturated carbocycles. The molecule has 2 aromatic rings. The maximum absolute atomic E-state index is 12.8. The summed E-state index contributed by atoms with van der Waals surface area (Å²) in [6.07, 6.45) is 1.60. The van der Waals surface area contributed by atoms with Gasteiger partial charge in [-0.25, -0.2) is 0 Å². The average Bonchev–Trinajstić information content (AvgIpc) is 3.03. The number of fused-ring (bicyclic) bond motifs is 1. The predicted molar refractivity (Wildman–Crippen MR) is 106 cm³/mol. The zero-order valence-electron chi connectivity index (χ0n) is 17.0. The minimum Gasteiger partial charge on any atom is -0.493 e. The van der Waals surface area contributed by atoms with Crippen LogP contribution < -0.4 is 23.7 Å². The zero-order chi connectivity index (χ0) is 21.1. The number of ether oxygens (including phenoxy) is 5. The minimum atomic E-state index is -0.252. The van der Waals surface area contributed by atoms with Crippen LogP contribution >= 0.6 is 0 Å². The van der Waals surface area contributed by atoms with Crippen molar-refractivity contribution in [3.05, 3.63) is 46.7 Å². The number of carbonyl (C=O) groups excluding carboxylic acids is 2. The van der Waals surface area contributed by atoms with E-state index in [4.69, 9.17) is 23.7 Å². The van der Waals surface area contributed by atoms with Gasteiger partial charge in [0.05, 0.1) is 26.9 Å². The molecule has 2 aromatic carbocycles. The molecule has 0 unspecified atom stereocenters. The maximum Gasteiger partial charge on any atom is 0.231 e. The molecule has 1 aliphatic heterocycles. The summed E-state index contributed by atoms with van der Waals surface area (Å²) in [6.45, 7) is 3.18. The molecule has 0 amide bonds. The van der Waals surface area contributed by atoms with E-state index in [1.54, 1.807) is 37.3 Å². The Morgan fingerprint density at radius 3 is 2.31 bits per heavy atom. The fourth-order valence-electron chi connectivity index (χ4n) is 3.08. The number of rotatable bonds is 7. The lowest BCUT2D eigenvalue weighted by Gasteiger charge is -2.14. The lowest BCUT2D eigenvalue weighted by atomic mass is 10.1. The van der Waals surface area contributed by atoms with Gasteiger partial charge in [-0.05, 0) is 44.2 Å². The smallest absolute Gasteiger partial charge is 0.231 e. The van der Waals surface area contributed by atoms with Gasteiger partial charge in [-0.2, -0.15) is 0 Å². The molecule has 0 saturated heterocycles. The van der Waals surface area contributed by atoms with E-state index >= 15 is 0 Å². The van der Waals surface area contributed by atoms with Crippen LogP contribution in [0, 0.1) is 6.92 Å². The van der Waals surface area contributed by atoms with Crippen molar-refractivity contribution in [2.45, 2.75) is 13.8 Å². The summed E-state index contributed by atoms with van der Waals surface area (Å²) in [6, 6.07) is 6.77. The second-order valence-corrected chi connectivity index (χ2v) is 6.42. The van der Waals surface area contributed by atoms with Gasteiger partial charge >= 0.3 is 0 Å². The second-order valence-electron chi connectivity index (χ2n) is 6.42. The molecule has 0 bridgehead atoms. The molecule has 1 aliphatic rings. The molecule has 0 spiro atoms. The first kappa shape index (κ1) is 20.3. The van der Waals surface area contributed by atoms with E-state index < -0.39 is 0 Å². The molecule has 0 fully saturated rings. The molecule has 0 aromatic heterocycles. The van der Waals surface area contributed by atoms with Gasteiger partial charge in [0.15, 0.2) is 23.0 Å². The number of Topliss-reactive ketones (excluding diaryl/α,β-unsaturated/α-hetero) is 2. The third kappa shape index (κ3) is 3.76. The van der Waals surface area contributed by atoms with Crippen molar-refractivity contribution in [2.24, 2.45) is 0 Å². The highest BCUT2D eigenvalue weighted by atomic mass is 16.5. The molecular formula is C22H22O7. The molecule has 152 valence electrons. The van der Waals surface area contributed by atoms with Gasteiger partial charge < -0.3 is 23.7 Å². The Bertz CT molecular complexity index is 1000. The summed E-state index contributed by atoms with van der Waals surface area (Å²) in [7, 11) is 4.55. The largest absolute Gasteiger partial charge is 0.493 e. The number of ketones is 2. The number of benzene rings is 2. The first-order valence-corrected chi connectivity index (χ1v) is 8.90. The molecular weight excluding hydrogens is 376 g/mol. The Morgan fingerprint density at radius 2 is 1.69 bits per heavy atom. The average molecular weight is 398 g/mol. The maximum atomic E-state index is 12.8. The molecule has 1 heterocycles. The molecule has 7 nitrogen and oxygen atoms in total. The standard InChI is InChI=1S/C22H22O7/c1-12(23)11-28-16-9-7-15-19(24)18(29-20(15)13(16)2)10-14-6-8-17(25-3)22(27-5)21(14)26-4/h6-10H,11H2,1-5H3/b18-10-. The highest BCUT2D eigenvalue weighted by molar-refractivity contribution is 6.15. The van der Waals surface area contributed by atoms with Gasteiger partial charge in [0, 0.05) is 11.1 Å². The van der Waals surface area contributed by atoms with Crippen molar-refractivity contribution in [1.29, 1.82) is 0 Å². The molecule has 7 heteroatoms. The Labute approximate surface area is 168 Å². The van der Waals surface area contributed by atoms with E-state index in [1.165, 1.54) is 28.3 Å². The lowest BCUT2D eigenvalue weighted by molar-refractivity contribution is -0.118. The lowest BCUT2D eigenvalue weighted by Crippen LogP contribution is -2.07. The first-order chi connectivity index (χ1) is 13.9. The molecule has 0 N–H and O–H groups in total. The van der Waals surface area contributed by atoms with Crippen molar-refractivity contribution in [1.82, 2.24) is 0 Å². The monoisotopic (exact) mass is 398 g/mol.